The summed E-state index contributed by atoms with van der Waals surface area (Å²) in [6.45, 7) is 2.09. The number of hydrogen-bond acceptors (Lipinski definition) is 1. The smallest absolute Gasteiger partial charge is 0.123 e. The third-order valence-corrected chi connectivity index (χ3v) is 4.40. The number of alkyl halides is 1. The van der Waals surface area contributed by atoms with Crippen LogP contribution in [0.3, 0.4) is 0 Å². The van der Waals surface area contributed by atoms with Gasteiger partial charge in [0, 0.05) is 18.2 Å². The van der Waals surface area contributed by atoms with Gasteiger partial charge in [-0.25, -0.2) is 4.39 Å². The van der Waals surface area contributed by atoms with Crippen molar-refractivity contribution >= 4 is 11.6 Å². The van der Waals surface area contributed by atoms with Gasteiger partial charge in [0.1, 0.15) is 17.7 Å². The molecule has 2 aromatic rings. The van der Waals surface area contributed by atoms with E-state index in [1.165, 1.54) is 23.3 Å². The normalized spacial score (nSPS) is 18.1. The standard InChI is InChI=1S/C18H18ClFO/c1-12-2-7-18-14(8-12)9-17(21-18)10-15(11-19)13-3-5-16(20)6-4-13/h2-8,15,17H,9-11H2,1H3. The zero-order valence-electron chi connectivity index (χ0n) is 12.0. The minimum absolute atomic E-state index is 0.149. The fraction of sp³-hybridized carbons (Fsp3) is 0.333. The third kappa shape index (κ3) is 3.21. The van der Waals surface area contributed by atoms with Gasteiger partial charge in [0.25, 0.3) is 0 Å². The van der Waals surface area contributed by atoms with Crippen LogP contribution in [0.5, 0.6) is 5.75 Å². The number of halogens is 2. The molecule has 110 valence electrons. The lowest BCUT2D eigenvalue weighted by Crippen LogP contribution is -2.18. The van der Waals surface area contributed by atoms with E-state index in [0.29, 0.717) is 5.88 Å². The van der Waals surface area contributed by atoms with Gasteiger partial charge >= 0.3 is 0 Å². The van der Waals surface area contributed by atoms with Crippen LogP contribution in [0, 0.1) is 12.7 Å². The van der Waals surface area contributed by atoms with Gasteiger partial charge in [-0.05, 0) is 42.7 Å². The topological polar surface area (TPSA) is 9.23 Å². The van der Waals surface area contributed by atoms with E-state index in [2.05, 4.69) is 19.1 Å². The summed E-state index contributed by atoms with van der Waals surface area (Å²) in [6.07, 6.45) is 1.92. The predicted octanol–water partition coefficient (Wildman–Crippen LogP) is 4.85. The molecule has 0 spiro atoms. The van der Waals surface area contributed by atoms with E-state index >= 15 is 0 Å². The van der Waals surface area contributed by atoms with Crippen LogP contribution >= 0.6 is 11.6 Å². The first-order valence-electron chi connectivity index (χ1n) is 7.23. The minimum Gasteiger partial charge on any atom is -0.490 e. The summed E-state index contributed by atoms with van der Waals surface area (Å²) >= 11 is 6.11. The van der Waals surface area contributed by atoms with E-state index in [0.717, 1.165) is 24.2 Å². The highest BCUT2D eigenvalue weighted by Crippen LogP contribution is 2.34. The van der Waals surface area contributed by atoms with Crippen molar-refractivity contribution in [3.05, 3.63) is 65.0 Å². The lowest BCUT2D eigenvalue weighted by Gasteiger charge is -2.19. The summed E-state index contributed by atoms with van der Waals surface area (Å²) in [6, 6.07) is 12.9. The summed E-state index contributed by atoms with van der Waals surface area (Å²) in [4.78, 5) is 0. The summed E-state index contributed by atoms with van der Waals surface area (Å²) in [5.41, 5.74) is 3.60. The van der Waals surface area contributed by atoms with Crippen LogP contribution in [-0.2, 0) is 6.42 Å². The van der Waals surface area contributed by atoms with Crippen molar-refractivity contribution in [3.8, 4) is 5.75 Å². The molecule has 0 radical (unpaired) electrons. The van der Waals surface area contributed by atoms with Crippen molar-refractivity contribution in [3.63, 3.8) is 0 Å². The summed E-state index contributed by atoms with van der Waals surface area (Å²) in [7, 11) is 0. The molecule has 0 fully saturated rings. The Morgan fingerprint density at radius 3 is 2.71 bits per heavy atom. The van der Waals surface area contributed by atoms with E-state index in [1.807, 2.05) is 18.2 Å². The molecule has 3 heteroatoms. The molecule has 1 aliphatic rings. The van der Waals surface area contributed by atoms with Crippen LogP contribution in [0.25, 0.3) is 0 Å². The van der Waals surface area contributed by atoms with Gasteiger partial charge in [0.15, 0.2) is 0 Å². The summed E-state index contributed by atoms with van der Waals surface area (Å²) in [5.74, 6) is 1.47. The monoisotopic (exact) mass is 304 g/mol. The van der Waals surface area contributed by atoms with Gasteiger partial charge in [-0.3, -0.25) is 0 Å². The van der Waals surface area contributed by atoms with Gasteiger partial charge in [0.2, 0.25) is 0 Å². The van der Waals surface area contributed by atoms with Crippen molar-refractivity contribution in [2.75, 3.05) is 5.88 Å². The first-order valence-corrected chi connectivity index (χ1v) is 7.77. The molecule has 0 saturated heterocycles. The maximum Gasteiger partial charge on any atom is 0.123 e. The quantitative estimate of drug-likeness (QED) is 0.734. The second-order valence-corrected chi connectivity index (χ2v) is 6.00. The molecule has 0 amide bonds. The first-order chi connectivity index (χ1) is 10.2. The van der Waals surface area contributed by atoms with Gasteiger partial charge in [0.05, 0.1) is 0 Å². The fourth-order valence-electron chi connectivity index (χ4n) is 2.92. The number of rotatable bonds is 4. The highest BCUT2D eigenvalue weighted by atomic mass is 35.5. The van der Waals surface area contributed by atoms with Crippen molar-refractivity contribution < 1.29 is 9.13 Å². The average molecular weight is 305 g/mol. The number of benzene rings is 2. The molecule has 3 rings (SSSR count). The predicted molar refractivity (Wildman–Crippen MR) is 83.8 cm³/mol. The molecule has 0 N–H and O–H groups in total. The molecule has 1 nitrogen and oxygen atoms in total. The third-order valence-electron chi connectivity index (χ3n) is 4.03. The number of aryl methyl sites for hydroxylation is 1. The zero-order chi connectivity index (χ0) is 14.8. The highest BCUT2D eigenvalue weighted by molar-refractivity contribution is 6.18. The molecular weight excluding hydrogens is 287 g/mol. The average Bonchev–Trinajstić information content (AvgIpc) is 2.87. The number of ether oxygens (including phenoxy) is 1. The highest BCUT2D eigenvalue weighted by Gasteiger charge is 2.26. The van der Waals surface area contributed by atoms with Crippen LogP contribution in [0.4, 0.5) is 4.39 Å². The Kier molecular flexibility index (Phi) is 4.16. The van der Waals surface area contributed by atoms with Gasteiger partial charge in [-0.2, -0.15) is 0 Å². The van der Waals surface area contributed by atoms with Crippen LogP contribution in [0.1, 0.15) is 29.0 Å². The van der Waals surface area contributed by atoms with Crippen LogP contribution in [-0.4, -0.2) is 12.0 Å². The fourth-order valence-corrected chi connectivity index (χ4v) is 3.23. The molecule has 2 atom stereocenters. The molecule has 2 unspecified atom stereocenters. The van der Waals surface area contributed by atoms with Crippen molar-refractivity contribution in [1.82, 2.24) is 0 Å². The molecule has 1 aliphatic heterocycles. The van der Waals surface area contributed by atoms with Gasteiger partial charge in [-0.15, -0.1) is 11.6 Å². The number of fused-ring (bicyclic) bond motifs is 1. The first kappa shape index (κ1) is 14.4. The Balaban J connectivity index is 1.70. The molecule has 0 aromatic heterocycles. The Hall–Kier alpha value is -1.54. The molecule has 2 aromatic carbocycles. The molecule has 1 heterocycles. The SMILES string of the molecule is Cc1ccc2c(c1)CC(CC(CCl)c1ccc(F)cc1)O2. The molecule has 21 heavy (non-hydrogen) atoms. The lowest BCUT2D eigenvalue weighted by atomic mass is 9.93. The Morgan fingerprint density at radius 2 is 2.00 bits per heavy atom. The van der Waals surface area contributed by atoms with Crippen LogP contribution in [0.2, 0.25) is 0 Å². The van der Waals surface area contributed by atoms with Gasteiger partial charge in [-0.1, -0.05) is 29.8 Å². The zero-order valence-corrected chi connectivity index (χ0v) is 12.7. The second-order valence-electron chi connectivity index (χ2n) is 5.69. The summed E-state index contributed by atoms with van der Waals surface area (Å²) < 4.78 is 19.0. The Labute approximate surface area is 129 Å². The van der Waals surface area contributed by atoms with E-state index in [-0.39, 0.29) is 17.8 Å². The van der Waals surface area contributed by atoms with E-state index in [9.17, 15) is 4.39 Å². The summed E-state index contributed by atoms with van der Waals surface area (Å²) in [5, 5.41) is 0. The molecular formula is C18H18ClFO. The largest absolute Gasteiger partial charge is 0.490 e. The molecule has 0 saturated carbocycles. The van der Waals surface area contributed by atoms with E-state index in [1.54, 1.807) is 0 Å². The van der Waals surface area contributed by atoms with Crippen molar-refractivity contribution in [2.24, 2.45) is 0 Å². The number of hydrogen-bond donors (Lipinski definition) is 0. The van der Waals surface area contributed by atoms with E-state index in [4.69, 9.17) is 16.3 Å². The van der Waals surface area contributed by atoms with Crippen molar-refractivity contribution in [1.29, 1.82) is 0 Å². The van der Waals surface area contributed by atoms with E-state index < -0.39 is 0 Å². The van der Waals surface area contributed by atoms with Crippen molar-refractivity contribution in [2.45, 2.75) is 31.8 Å². The maximum atomic E-state index is 13.0. The second kappa shape index (κ2) is 6.07. The van der Waals surface area contributed by atoms with Crippen LogP contribution < -0.4 is 4.74 Å². The Bertz CT molecular complexity index is 624. The maximum absolute atomic E-state index is 13.0. The Morgan fingerprint density at radius 1 is 1.24 bits per heavy atom. The lowest BCUT2D eigenvalue weighted by molar-refractivity contribution is 0.213. The van der Waals surface area contributed by atoms with Gasteiger partial charge < -0.3 is 4.74 Å². The minimum atomic E-state index is -0.216. The van der Waals surface area contributed by atoms with Crippen LogP contribution in [0.15, 0.2) is 42.5 Å². The molecule has 0 aliphatic carbocycles. The molecule has 0 bridgehead atoms.